The Morgan fingerprint density at radius 3 is 2.56 bits per heavy atom. The Labute approximate surface area is 201 Å². The number of aliphatic imine (C=N–C) groups is 1. The van der Waals surface area contributed by atoms with Crippen LogP contribution in [-0.2, 0) is 16.1 Å². The number of ether oxygens (including phenoxy) is 3. The summed E-state index contributed by atoms with van der Waals surface area (Å²) in [4.78, 5) is 16.7. The number of halogens is 1. The molecule has 0 saturated heterocycles. The van der Waals surface area contributed by atoms with Gasteiger partial charge in [0.05, 0.1) is 12.1 Å². The molecular weight excluding hydrogens is 450 g/mol. The summed E-state index contributed by atoms with van der Waals surface area (Å²) in [5, 5.41) is 2.63. The number of fused-ring (bicyclic) bond motifs is 1. The van der Waals surface area contributed by atoms with Crippen LogP contribution in [0.15, 0.2) is 95.6 Å². The Balaban J connectivity index is 1.42. The Morgan fingerprint density at radius 2 is 1.74 bits per heavy atom. The molecule has 0 N–H and O–H groups in total. The van der Waals surface area contributed by atoms with Gasteiger partial charge in [-0.2, -0.15) is 0 Å². The second-order valence-electron chi connectivity index (χ2n) is 7.66. The standard InChI is InChI=1S/C28H20ClNO4/c1-32-25-16-18(15-24-28(31)34-27(30-24)20-9-3-2-4-10-20)14-23(29)26(25)33-17-21-12-7-11-19-8-5-6-13-22(19)21/h2-16H,17H2,1H3. The molecule has 0 atom stereocenters. The van der Waals surface area contributed by atoms with Gasteiger partial charge >= 0.3 is 5.97 Å². The third kappa shape index (κ3) is 4.38. The second-order valence-corrected chi connectivity index (χ2v) is 8.07. The maximum atomic E-state index is 12.3. The fourth-order valence-corrected chi connectivity index (χ4v) is 4.08. The molecule has 4 aromatic carbocycles. The van der Waals surface area contributed by atoms with Crippen LogP contribution in [-0.4, -0.2) is 19.0 Å². The molecule has 0 radical (unpaired) electrons. The number of hydrogen-bond acceptors (Lipinski definition) is 5. The number of cyclic esters (lactones) is 1. The summed E-state index contributed by atoms with van der Waals surface area (Å²) < 4.78 is 16.9. The van der Waals surface area contributed by atoms with Crippen molar-refractivity contribution in [3.8, 4) is 11.5 Å². The van der Waals surface area contributed by atoms with Crippen molar-refractivity contribution in [1.29, 1.82) is 0 Å². The Kier molecular flexibility index (Phi) is 6.02. The monoisotopic (exact) mass is 469 g/mol. The van der Waals surface area contributed by atoms with Gasteiger partial charge in [-0.05, 0) is 52.2 Å². The van der Waals surface area contributed by atoms with Gasteiger partial charge in [-0.15, -0.1) is 0 Å². The minimum absolute atomic E-state index is 0.182. The lowest BCUT2D eigenvalue weighted by Crippen LogP contribution is -2.05. The van der Waals surface area contributed by atoms with E-state index >= 15 is 0 Å². The molecule has 6 heteroatoms. The van der Waals surface area contributed by atoms with E-state index in [1.807, 2.05) is 54.6 Å². The molecule has 0 spiro atoms. The number of methoxy groups -OCH3 is 1. The third-order valence-corrected chi connectivity index (χ3v) is 5.73. The molecule has 1 heterocycles. The van der Waals surface area contributed by atoms with Gasteiger partial charge in [0.15, 0.2) is 17.2 Å². The SMILES string of the molecule is COc1cc(C=C2N=C(c3ccccc3)OC2=O)cc(Cl)c1OCc1cccc2ccccc12. The third-order valence-electron chi connectivity index (χ3n) is 5.45. The predicted octanol–water partition coefficient (Wildman–Crippen LogP) is 6.43. The van der Waals surface area contributed by atoms with Crippen molar-refractivity contribution in [2.75, 3.05) is 7.11 Å². The van der Waals surface area contributed by atoms with Gasteiger partial charge in [-0.1, -0.05) is 72.3 Å². The Bertz CT molecular complexity index is 1440. The molecule has 4 aromatic rings. The van der Waals surface area contributed by atoms with E-state index in [-0.39, 0.29) is 11.6 Å². The maximum Gasteiger partial charge on any atom is 0.363 e. The summed E-state index contributed by atoms with van der Waals surface area (Å²) in [6, 6.07) is 26.9. The molecule has 1 aliphatic rings. The minimum atomic E-state index is -0.523. The molecular formula is C28H20ClNO4. The van der Waals surface area contributed by atoms with E-state index in [1.54, 1.807) is 25.3 Å². The number of nitrogens with zero attached hydrogens (tertiary/aromatic N) is 1. The molecule has 5 nitrogen and oxygen atoms in total. The molecule has 0 unspecified atom stereocenters. The second kappa shape index (κ2) is 9.41. The topological polar surface area (TPSA) is 57.1 Å². The van der Waals surface area contributed by atoms with Crippen molar-refractivity contribution in [2.24, 2.45) is 4.99 Å². The van der Waals surface area contributed by atoms with Crippen molar-refractivity contribution >= 4 is 40.3 Å². The van der Waals surface area contributed by atoms with Crippen LogP contribution in [0.25, 0.3) is 16.8 Å². The smallest absolute Gasteiger partial charge is 0.363 e. The molecule has 0 bridgehead atoms. The number of esters is 1. The molecule has 0 fully saturated rings. The molecule has 34 heavy (non-hydrogen) atoms. The Morgan fingerprint density at radius 1 is 0.971 bits per heavy atom. The molecule has 0 aliphatic carbocycles. The zero-order valence-electron chi connectivity index (χ0n) is 18.3. The van der Waals surface area contributed by atoms with Gasteiger partial charge in [0.25, 0.3) is 0 Å². The molecule has 0 saturated carbocycles. The van der Waals surface area contributed by atoms with Gasteiger partial charge in [0.1, 0.15) is 6.61 Å². The largest absolute Gasteiger partial charge is 0.493 e. The number of carbonyl (C=O) groups excluding carboxylic acids is 1. The number of rotatable bonds is 6. The van der Waals surface area contributed by atoms with Crippen molar-refractivity contribution in [3.63, 3.8) is 0 Å². The van der Waals surface area contributed by atoms with E-state index in [4.69, 9.17) is 25.8 Å². The fraction of sp³-hybridized carbons (Fsp3) is 0.0714. The zero-order valence-corrected chi connectivity index (χ0v) is 19.1. The molecule has 1 aliphatic heterocycles. The van der Waals surface area contributed by atoms with Crippen molar-refractivity contribution in [2.45, 2.75) is 6.61 Å². The van der Waals surface area contributed by atoms with Crippen LogP contribution >= 0.6 is 11.6 Å². The van der Waals surface area contributed by atoms with Gasteiger partial charge in [0.2, 0.25) is 5.90 Å². The predicted molar refractivity (Wildman–Crippen MR) is 133 cm³/mol. The number of hydrogen-bond donors (Lipinski definition) is 0. The van der Waals surface area contributed by atoms with E-state index in [2.05, 4.69) is 23.2 Å². The molecule has 5 rings (SSSR count). The van der Waals surface area contributed by atoms with Crippen LogP contribution < -0.4 is 9.47 Å². The van der Waals surface area contributed by atoms with E-state index < -0.39 is 5.97 Å². The van der Waals surface area contributed by atoms with E-state index in [1.165, 1.54) is 0 Å². The first kappa shape index (κ1) is 21.7. The summed E-state index contributed by atoms with van der Waals surface area (Å²) in [5.41, 5.74) is 2.59. The van der Waals surface area contributed by atoms with E-state index in [9.17, 15) is 4.79 Å². The summed E-state index contributed by atoms with van der Waals surface area (Å²) in [6.45, 7) is 0.328. The van der Waals surface area contributed by atoms with Crippen molar-refractivity contribution in [1.82, 2.24) is 0 Å². The quantitative estimate of drug-likeness (QED) is 0.241. The van der Waals surface area contributed by atoms with Crippen LogP contribution in [0.3, 0.4) is 0 Å². The van der Waals surface area contributed by atoms with Crippen molar-refractivity contribution < 1.29 is 19.0 Å². The van der Waals surface area contributed by atoms with E-state index in [0.717, 1.165) is 21.9 Å². The summed E-state index contributed by atoms with van der Waals surface area (Å²) in [5.74, 6) is 0.634. The first-order valence-electron chi connectivity index (χ1n) is 10.7. The zero-order chi connectivity index (χ0) is 23.5. The maximum absolute atomic E-state index is 12.3. The highest BCUT2D eigenvalue weighted by Crippen LogP contribution is 2.38. The first-order valence-corrected chi connectivity index (χ1v) is 11.0. The van der Waals surface area contributed by atoms with Crippen LogP contribution in [0.4, 0.5) is 0 Å². The van der Waals surface area contributed by atoms with Gasteiger partial charge in [-0.25, -0.2) is 9.79 Å². The molecule has 168 valence electrons. The van der Waals surface area contributed by atoms with E-state index in [0.29, 0.717) is 28.7 Å². The number of benzene rings is 4. The highest BCUT2D eigenvalue weighted by Gasteiger charge is 2.24. The number of carbonyl (C=O) groups is 1. The van der Waals surface area contributed by atoms with Crippen molar-refractivity contribution in [3.05, 3.63) is 112 Å². The van der Waals surface area contributed by atoms with Crippen LogP contribution in [0, 0.1) is 0 Å². The normalized spacial score (nSPS) is 14.2. The lowest BCUT2D eigenvalue weighted by molar-refractivity contribution is -0.129. The van der Waals surface area contributed by atoms with Crippen LogP contribution in [0.5, 0.6) is 11.5 Å². The summed E-state index contributed by atoms with van der Waals surface area (Å²) >= 11 is 6.56. The first-order chi connectivity index (χ1) is 16.6. The molecule has 0 aromatic heterocycles. The fourth-order valence-electron chi connectivity index (χ4n) is 3.80. The molecule has 0 amide bonds. The Hall–Kier alpha value is -4.09. The highest BCUT2D eigenvalue weighted by atomic mass is 35.5. The van der Waals surface area contributed by atoms with Gasteiger partial charge in [0, 0.05) is 5.56 Å². The van der Waals surface area contributed by atoms with Gasteiger partial charge < -0.3 is 14.2 Å². The average molecular weight is 470 g/mol. The average Bonchev–Trinajstić information content (AvgIpc) is 3.23. The summed E-state index contributed by atoms with van der Waals surface area (Å²) in [7, 11) is 1.54. The lowest BCUT2D eigenvalue weighted by atomic mass is 10.1. The lowest BCUT2D eigenvalue weighted by Gasteiger charge is -2.14. The summed E-state index contributed by atoms with van der Waals surface area (Å²) in [6.07, 6.45) is 1.61. The van der Waals surface area contributed by atoms with Crippen LogP contribution in [0.1, 0.15) is 16.7 Å². The minimum Gasteiger partial charge on any atom is -0.493 e. The van der Waals surface area contributed by atoms with Crippen LogP contribution in [0.2, 0.25) is 5.02 Å². The van der Waals surface area contributed by atoms with Gasteiger partial charge in [-0.3, -0.25) is 0 Å². The highest BCUT2D eigenvalue weighted by molar-refractivity contribution is 6.32.